The van der Waals surface area contributed by atoms with E-state index >= 15 is 8.78 Å². The summed E-state index contributed by atoms with van der Waals surface area (Å²) in [6, 6.07) is 21.5. The van der Waals surface area contributed by atoms with Crippen molar-refractivity contribution in [1.82, 2.24) is 15.2 Å². The Kier molecular flexibility index (Phi) is 17.5. The van der Waals surface area contributed by atoms with Crippen LogP contribution < -0.4 is 35.6 Å². The van der Waals surface area contributed by atoms with Crippen LogP contribution in [-0.2, 0) is 69.9 Å². The number of anilines is 5. The Morgan fingerprint density at radius 3 is 2.17 bits per heavy atom. The van der Waals surface area contributed by atoms with Gasteiger partial charge in [0.2, 0.25) is 17.1 Å². The minimum atomic E-state index is -4.71. The van der Waals surface area contributed by atoms with Crippen LogP contribution in [0.1, 0.15) is 117 Å². The Hall–Kier alpha value is -8.39. The van der Waals surface area contributed by atoms with E-state index in [0.29, 0.717) is 129 Å². The number of rotatable bonds is 18. The number of Topliss-reactive ketones (excluding diaryl/α,β-unsaturated/α-hetero) is 1. The number of halogens is 5. The zero-order valence-electron chi connectivity index (χ0n) is 54.6. The van der Waals surface area contributed by atoms with Gasteiger partial charge < -0.3 is 30.7 Å². The molecule has 2 unspecified atom stereocenters. The van der Waals surface area contributed by atoms with E-state index < -0.39 is 99.2 Å². The maximum atomic E-state index is 18.2. The molecule has 3 amide bonds. The lowest BCUT2D eigenvalue weighted by Crippen LogP contribution is -2.48. The largest absolute Gasteiger partial charge is 0.416 e. The molecule has 99 heavy (non-hydrogen) atoms. The first kappa shape index (κ1) is 69.1. The molecule has 1 aliphatic carbocycles. The second kappa shape index (κ2) is 25.0. The molecule has 0 saturated carbocycles. The van der Waals surface area contributed by atoms with Crippen molar-refractivity contribution in [2.75, 3.05) is 65.3 Å². The zero-order valence-corrected chi connectivity index (χ0v) is 58.7. The van der Waals surface area contributed by atoms with Crippen LogP contribution in [0, 0.1) is 11.6 Å². The first-order valence-electron chi connectivity index (χ1n) is 31.9. The summed E-state index contributed by atoms with van der Waals surface area (Å²) < 4.78 is 175. The van der Waals surface area contributed by atoms with Crippen LogP contribution in [0.2, 0.25) is 0 Å². The quantitative estimate of drug-likeness (QED) is 0.0303. The van der Waals surface area contributed by atoms with Crippen LogP contribution in [0.3, 0.4) is 0 Å². The van der Waals surface area contributed by atoms with E-state index in [1.165, 1.54) is 18.2 Å². The molecule has 8 heterocycles. The van der Waals surface area contributed by atoms with E-state index in [-0.39, 0.29) is 68.5 Å². The lowest BCUT2D eigenvalue weighted by molar-refractivity contribution is -0.348. The van der Waals surface area contributed by atoms with Crippen LogP contribution in [0.5, 0.6) is 0 Å². The van der Waals surface area contributed by atoms with E-state index in [1.807, 2.05) is 44.5 Å². The number of aromatic amines is 1. The van der Waals surface area contributed by atoms with Crippen molar-refractivity contribution in [3.63, 3.8) is 0 Å². The summed E-state index contributed by atoms with van der Waals surface area (Å²) in [6.45, 7) is 8.50. The first-order chi connectivity index (χ1) is 46.5. The van der Waals surface area contributed by atoms with Gasteiger partial charge in [-0.15, -0.1) is 22.7 Å². The minimum absolute atomic E-state index is 0.0258. The molecule has 5 aliphatic rings. The Morgan fingerprint density at radius 2 is 1.47 bits per heavy atom. The molecular weight excluding hydrogens is 1390 g/mol. The molecule has 13 rings (SSSR count). The number of pyridine rings is 2. The van der Waals surface area contributed by atoms with Gasteiger partial charge in [0, 0.05) is 126 Å². The van der Waals surface area contributed by atoms with Gasteiger partial charge in [0.15, 0.2) is 27.3 Å². The van der Waals surface area contributed by atoms with E-state index in [0.717, 1.165) is 46.6 Å². The molecule has 520 valence electrons. The van der Waals surface area contributed by atoms with E-state index in [4.69, 9.17) is 4.98 Å². The molecule has 2 atom stereocenters. The van der Waals surface area contributed by atoms with Gasteiger partial charge in [-0.05, 0) is 125 Å². The first-order valence-corrected chi connectivity index (χ1v) is 38.3. The highest BCUT2D eigenvalue weighted by molar-refractivity contribution is 7.91. The molecular formula is C69H69F5N9O11S5+. The Bertz CT molecular complexity index is 5120. The van der Waals surface area contributed by atoms with Gasteiger partial charge in [-0.2, -0.15) is 30.0 Å². The van der Waals surface area contributed by atoms with Gasteiger partial charge in [0.1, 0.15) is 19.1 Å². The number of alkyl halides is 3. The summed E-state index contributed by atoms with van der Waals surface area (Å²) in [5, 5.41) is 8.76. The fraction of sp³-hybridized carbons (Fsp3) is 0.348. The standard InChI is InChI=1S/C69H68F5N9O11S5/c1-67(2)46-28-57(98(89,90)91)95-62(46)44-26-42-50(31-54(44)80(67)5)78-51-32-55-45(63-47(68(3,4)81(55)6)29-58(96-63)99(92,93)94)27-43(51)59(42)60-61(71)52(30-48(70)64(60)97(7,87)88)75-34-41(84)15-10-8-9-11-16-56(85)76-33-36-17-19-39(20-18-36)77-66(86)83-40-23-24-82(35-40)53-22-21-49(79-65(53)83)37-13-12-14-38(25-37)69(72,73)74/h12-14,17-22,25-26,28-32,40,45,75H,8-11,15-16,23-24,27,33-35H2,1-7H3,(H,76,85)(H,77,86)(H,89,90,91)(H,92,93,94)/p+1. The fourth-order valence-electron chi connectivity index (χ4n) is 14.2. The highest BCUT2D eigenvalue weighted by Gasteiger charge is 2.48. The lowest BCUT2D eigenvalue weighted by Gasteiger charge is -2.47. The number of urea groups is 1. The molecule has 2 bridgehead atoms. The summed E-state index contributed by atoms with van der Waals surface area (Å²) in [6.07, 6.45) is 0.897. The van der Waals surface area contributed by atoms with E-state index in [1.54, 1.807) is 72.6 Å². The number of H-pyrrole nitrogens is 1. The lowest BCUT2D eigenvalue weighted by atomic mass is 9.75. The maximum absolute atomic E-state index is 18.2. The number of amides is 3. The number of hydrogen-bond donors (Lipinski definition) is 5. The molecule has 0 radical (unpaired) electrons. The third-order valence-corrected chi connectivity index (χ3v) is 26.0. The molecule has 1 saturated heterocycles. The molecule has 4 aromatic carbocycles. The SMILES string of the molecule is CN1C2=Cc3[nH+]c4cc5c(cc4c(-c4c(F)c(NCC(=O)CCCCCCC(=O)NCc6ccc(NC(=O)N7c8nc(-c9cccc(C(F)(F)F)c9)ccc8N8CCC7C8)cc6)cc(F)c4S(C)(=O)=O)c3CC2c2sc(S(=O)(=O)O)cc2C1(C)C)-c1sc(S(=O)(=O)O)cc1C(C)(C)N5C. The number of nitrogens with one attached hydrogen (secondary N) is 4. The number of nitrogens with zero attached hydrogens (tertiary/aromatic N) is 5. The maximum Gasteiger partial charge on any atom is 0.416 e. The van der Waals surface area contributed by atoms with Crippen molar-refractivity contribution in [2.45, 2.75) is 128 Å². The number of benzene rings is 4. The van der Waals surface area contributed by atoms with Crippen molar-refractivity contribution >= 4 is 116 Å². The van der Waals surface area contributed by atoms with Crippen molar-refractivity contribution in [3.05, 3.63) is 147 Å². The number of carbonyl (C=O) groups excluding carboxylic acids is 3. The van der Waals surface area contributed by atoms with Gasteiger partial charge in [0.25, 0.3) is 0 Å². The molecule has 20 nitrogen and oxygen atoms in total. The molecule has 8 aromatic rings. The third-order valence-electron chi connectivity index (χ3n) is 19.8. The Labute approximate surface area is 576 Å². The third kappa shape index (κ3) is 12.7. The van der Waals surface area contributed by atoms with Crippen LogP contribution in [0.25, 0.3) is 49.8 Å². The van der Waals surface area contributed by atoms with E-state index in [9.17, 15) is 61.9 Å². The predicted octanol–water partition coefficient (Wildman–Crippen LogP) is 13.2. The van der Waals surface area contributed by atoms with Gasteiger partial charge in [-0.25, -0.2) is 32.0 Å². The second-order valence-electron chi connectivity index (χ2n) is 26.8. The number of allylic oxidation sites excluding steroid dienone is 1. The molecule has 4 aliphatic heterocycles. The van der Waals surface area contributed by atoms with Crippen LogP contribution in [0.4, 0.5) is 55.3 Å². The topological polar surface area (TPSA) is 270 Å². The van der Waals surface area contributed by atoms with Crippen molar-refractivity contribution < 1.29 is 75.7 Å². The fourth-order valence-corrected chi connectivity index (χ4v) is 19.3. The van der Waals surface area contributed by atoms with Crippen LogP contribution in [0.15, 0.2) is 110 Å². The van der Waals surface area contributed by atoms with Crippen LogP contribution >= 0.6 is 22.7 Å². The number of ketones is 1. The number of fused-ring (bicyclic) bond motifs is 12. The molecule has 4 aromatic heterocycles. The average Bonchev–Trinajstić information content (AvgIpc) is 1.68. The Morgan fingerprint density at radius 1 is 0.788 bits per heavy atom. The normalized spacial score (nSPS) is 17.5. The monoisotopic (exact) mass is 1450 g/mol. The zero-order chi connectivity index (χ0) is 71.0. The molecule has 0 spiro atoms. The number of carbonyl (C=O) groups is 3. The summed E-state index contributed by atoms with van der Waals surface area (Å²) in [7, 11) is -10.4. The minimum Gasteiger partial charge on any atom is -0.375 e. The predicted molar refractivity (Wildman–Crippen MR) is 369 cm³/mol. The number of sulfone groups is 1. The summed E-state index contributed by atoms with van der Waals surface area (Å²) in [5.74, 6) is -3.43. The number of aromatic nitrogens is 2. The van der Waals surface area contributed by atoms with Gasteiger partial charge in [-0.3, -0.25) is 23.6 Å². The van der Waals surface area contributed by atoms with Gasteiger partial charge in [-0.1, -0.05) is 37.1 Å². The van der Waals surface area contributed by atoms with Gasteiger partial charge in [0.05, 0.1) is 57.4 Å². The van der Waals surface area contributed by atoms with Crippen LogP contribution in [-0.4, -0.2) is 108 Å². The van der Waals surface area contributed by atoms with Crippen molar-refractivity contribution in [2.24, 2.45) is 0 Å². The van der Waals surface area contributed by atoms with E-state index in [2.05, 4.69) is 25.8 Å². The molecule has 30 heteroatoms. The second-order valence-corrected chi connectivity index (χ2v) is 34.1. The smallest absolute Gasteiger partial charge is 0.375 e. The summed E-state index contributed by atoms with van der Waals surface area (Å²) in [4.78, 5) is 56.2. The summed E-state index contributed by atoms with van der Waals surface area (Å²) >= 11 is 1.67. The van der Waals surface area contributed by atoms with Crippen molar-refractivity contribution in [1.29, 1.82) is 0 Å². The van der Waals surface area contributed by atoms with Gasteiger partial charge >= 0.3 is 32.4 Å². The number of thiophene rings is 2. The number of likely N-dealkylation sites (N-methyl/N-ethyl adjacent to an activating group) is 1. The summed E-state index contributed by atoms with van der Waals surface area (Å²) in [5.41, 5.74) is 2.63. The number of unbranched alkanes of at least 4 members (excludes halogenated alkanes) is 3. The molecule has 6 N–H and O–H groups in total. The molecule has 1 fully saturated rings. The average molecular weight is 1460 g/mol. The highest BCUT2D eigenvalue weighted by Crippen LogP contribution is 2.57. The number of hydrogen-bond acceptors (Lipinski definition) is 16. The Balaban J connectivity index is 0.686. The van der Waals surface area contributed by atoms with Crippen molar-refractivity contribution in [3.8, 4) is 32.8 Å². The highest BCUT2D eigenvalue weighted by atomic mass is 32.3.